The summed E-state index contributed by atoms with van der Waals surface area (Å²) in [6.07, 6.45) is 2.20. The van der Waals surface area contributed by atoms with Crippen LogP contribution in [-0.2, 0) is 0 Å². The molecule has 4 nitrogen and oxygen atoms in total. The van der Waals surface area contributed by atoms with Crippen LogP contribution in [0.5, 0.6) is 0 Å². The molecule has 16 heavy (non-hydrogen) atoms. The molecular weight excluding hydrogens is 202 g/mol. The largest absolute Gasteiger partial charge is 0.423 e. The molecule has 2 heterocycles. The minimum absolute atomic E-state index is 0.240. The molecule has 2 aromatic rings. The van der Waals surface area contributed by atoms with Gasteiger partial charge in [-0.25, -0.2) is 0 Å². The van der Waals surface area contributed by atoms with E-state index in [1.54, 1.807) is 0 Å². The SMILES string of the molecule is N[C@H]1CCCN(c2nc3ccccc3o2)C1. The highest BCUT2D eigenvalue weighted by Crippen LogP contribution is 2.23. The zero-order chi connectivity index (χ0) is 11.0. The van der Waals surface area contributed by atoms with E-state index < -0.39 is 0 Å². The van der Waals surface area contributed by atoms with Crippen molar-refractivity contribution < 1.29 is 4.42 Å². The number of oxazole rings is 1. The highest BCUT2D eigenvalue weighted by atomic mass is 16.4. The van der Waals surface area contributed by atoms with Crippen LogP contribution in [-0.4, -0.2) is 24.1 Å². The number of anilines is 1. The maximum Gasteiger partial charge on any atom is 0.298 e. The average molecular weight is 217 g/mol. The Balaban J connectivity index is 1.93. The lowest BCUT2D eigenvalue weighted by Gasteiger charge is -2.29. The lowest BCUT2D eigenvalue weighted by molar-refractivity contribution is 0.467. The third-order valence-electron chi connectivity index (χ3n) is 3.01. The van der Waals surface area contributed by atoms with Crippen molar-refractivity contribution in [1.82, 2.24) is 4.98 Å². The van der Waals surface area contributed by atoms with Crippen LogP contribution in [0.3, 0.4) is 0 Å². The van der Waals surface area contributed by atoms with Crippen LogP contribution >= 0.6 is 0 Å². The van der Waals surface area contributed by atoms with Crippen LogP contribution in [0.15, 0.2) is 28.7 Å². The second kappa shape index (κ2) is 3.79. The highest BCUT2D eigenvalue weighted by Gasteiger charge is 2.20. The molecule has 1 aliphatic heterocycles. The summed E-state index contributed by atoms with van der Waals surface area (Å²) in [6, 6.07) is 8.78. The summed E-state index contributed by atoms with van der Waals surface area (Å²) in [4.78, 5) is 6.61. The number of rotatable bonds is 1. The fourth-order valence-corrected chi connectivity index (χ4v) is 2.18. The summed E-state index contributed by atoms with van der Waals surface area (Å²) in [7, 11) is 0. The molecule has 1 fully saturated rings. The molecule has 1 aromatic heterocycles. The van der Waals surface area contributed by atoms with E-state index in [0.29, 0.717) is 6.01 Å². The van der Waals surface area contributed by atoms with Gasteiger partial charge in [-0.05, 0) is 25.0 Å². The molecule has 4 heteroatoms. The summed E-state index contributed by atoms with van der Waals surface area (Å²) in [5, 5.41) is 0. The average Bonchev–Trinajstić information content (AvgIpc) is 2.72. The van der Waals surface area contributed by atoms with Crippen LogP contribution in [0.1, 0.15) is 12.8 Å². The maximum atomic E-state index is 5.95. The standard InChI is InChI=1S/C12H15N3O/c13-9-4-3-7-15(8-9)12-14-10-5-1-2-6-11(10)16-12/h1-2,5-6,9H,3-4,7-8,13H2/t9-/m0/s1. The molecule has 84 valence electrons. The Labute approximate surface area is 94.0 Å². The van der Waals surface area contributed by atoms with Gasteiger partial charge in [-0.1, -0.05) is 12.1 Å². The number of piperidine rings is 1. The van der Waals surface area contributed by atoms with E-state index >= 15 is 0 Å². The van der Waals surface area contributed by atoms with Crippen LogP contribution in [0.2, 0.25) is 0 Å². The van der Waals surface area contributed by atoms with Crippen molar-refractivity contribution in [2.75, 3.05) is 18.0 Å². The molecule has 0 aliphatic carbocycles. The second-order valence-electron chi connectivity index (χ2n) is 4.31. The Hall–Kier alpha value is -1.55. The number of nitrogens with two attached hydrogens (primary N) is 1. The number of hydrogen-bond donors (Lipinski definition) is 1. The third-order valence-corrected chi connectivity index (χ3v) is 3.01. The normalized spacial score (nSPS) is 21.6. The van der Waals surface area contributed by atoms with Gasteiger partial charge in [0.05, 0.1) is 0 Å². The van der Waals surface area contributed by atoms with Gasteiger partial charge >= 0.3 is 0 Å². The Bertz CT molecular complexity index is 461. The number of nitrogens with zero attached hydrogens (tertiary/aromatic N) is 2. The van der Waals surface area contributed by atoms with E-state index in [-0.39, 0.29) is 6.04 Å². The summed E-state index contributed by atoms with van der Waals surface area (Å²) >= 11 is 0. The van der Waals surface area contributed by atoms with E-state index in [1.165, 1.54) is 0 Å². The quantitative estimate of drug-likeness (QED) is 0.790. The molecule has 2 N–H and O–H groups in total. The Morgan fingerprint density at radius 3 is 3.06 bits per heavy atom. The number of fused-ring (bicyclic) bond motifs is 1. The van der Waals surface area contributed by atoms with Crippen molar-refractivity contribution >= 4 is 17.1 Å². The van der Waals surface area contributed by atoms with Crippen LogP contribution in [0.4, 0.5) is 6.01 Å². The lowest BCUT2D eigenvalue weighted by atomic mass is 10.1. The van der Waals surface area contributed by atoms with Crippen LogP contribution in [0, 0.1) is 0 Å². The summed E-state index contributed by atoms with van der Waals surface area (Å²) in [5.74, 6) is 0. The smallest absolute Gasteiger partial charge is 0.298 e. The van der Waals surface area contributed by atoms with Crippen molar-refractivity contribution in [2.24, 2.45) is 5.73 Å². The second-order valence-corrected chi connectivity index (χ2v) is 4.31. The predicted octanol–water partition coefficient (Wildman–Crippen LogP) is 1.76. The van der Waals surface area contributed by atoms with Gasteiger partial charge in [-0.15, -0.1) is 0 Å². The number of aromatic nitrogens is 1. The molecule has 1 atom stereocenters. The Morgan fingerprint density at radius 2 is 2.25 bits per heavy atom. The molecule has 0 radical (unpaired) electrons. The van der Waals surface area contributed by atoms with Gasteiger partial charge in [-0.3, -0.25) is 0 Å². The minimum Gasteiger partial charge on any atom is -0.423 e. The molecule has 0 bridgehead atoms. The lowest BCUT2D eigenvalue weighted by Crippen LogP contribution is -2.42. The topological polar surface area (TPSA) is 55.3 Å². The molecule has 0 unspecified atom stereocenters. The molecule has 0 amide bonds. The van der Waals surface area contributed by atoms with E-state index in [1.807, 2.05) is 24.3 Å². The van der Waals surface area contributed by atoms with Crippen molar-refractivity contribution in [3.63, 3.8) is 0 Å². The first kappa shape index (κ1) is 9.66. The van der Waals surface area contributed by atoms with E-state index in [9.17, 15) is 0 Å². The molecule has 1 aliphatic rings. The van der Waals surface area contributed by atoms with Crippen molar-refractivity contribution in [3.8, 4) is 0 Å². The first-order valence-electron chi connectivity index (χ1n) is 5.69. The number of benzene rings is 1. The zero-order valence-corrected chi connectivity index (χ0v) is 9.10. The van der Waals surface area contributed by atoms with E-state index in [0.717, 1.165) is 37.0 Å². The predicted molar refractivity (Wildman–Crippen MR) is 63.4 cm³/mol. The third kappa shape index (κ3) is 1.65. The fraction of sp³-hybridized carbons (Fsp3) is 0.417. The maximum absolute atomic E-state index is 5.95. The van der Waals surface area contributed by atoms with Crippen LogP contribution in [0.25, 0.3) is 11.1 Å². The minimum atomic E-state index is 0.240. The van der Waals surface area contributed by atoms with Crippen molar-refractivity contribution in [1.29, 1.82) is 0 Å². The van der Waals surface area contributed by atoms with Gasteiger partial charge in [0, 0.05) is 19.1 Å². The van der Waals surface area contributed by atoms with Gasteiger partial charge in [0.25, 0.3) is 6.01 Å². The molecule has 1 saturated heterocycles. The number of para-hydroxylation sites is 2. The molecule has 0 spiro atoms. The zero-order valence-electron chi connectivity index (χ0n) is 9.10. The highest BCUT2D eigenvalue weighted by molar-refractivity contribution is 5.74. The fourth-order valence-electron chi connectivity index (χ4n) is 2.18. The number of hydrogen-bond acceptors (Lipinski definition) is 4. The molecule has 3 rings (SSSR count). The molecular formula is C12H15N3O. The summed E-state index contributed by atoms with van der Waals surface area (Å²) < 4.78 is 5.72. The monoisotopic (exact) mass is 217 g/mol. The van der Waals surface area contributed by atoms with Gasteiger partial charge < -0.3 is 15.1 Å². The first-order valence-corrected chi connectivity index (χ1v) is 5.69. The first-order chi connectivity index (χ1) is 7.83. The van der Waals surface area contributed by atoms with Gasteiger partial charge in [0.2, 0.25) is 0 Å². The van der Waals surface area contributed by atoms with E-state index in [4.69, 9.17) is 10.2 Å². The summed E-state index contributed by atoms with van der Waals surface area (Å²) in [5.41, 5.74) is 7.70. The molecule has 0 saturated carbocycles. The van der Waals surface area contributed by atoms with Gasteiger partial charge in [0.1, 0.15) is 5.52 Å². The van der Waals surface area contributed by atoms with Crippen molar-refractivity contribution in [3.05, 3.63) is 24.3 Å². The van der Waals surface area contributed by atoms with E-state index in [2.05, 4.69) is 9.88 Å². The van der Waals surface area contributed by atoms with Gasteiger partial charge in [0.15, 0.2) is 5.58 Å². The Kier molecular flexibility index (Phi) is 2.29. The molecule has 1 aromatic carbocycles. The summed E-state index contributed by atoms with van der Waals surface area (Å²) in [6.45, 7) is 1.83. The van der Waals surface area contributed by atoms with Gasteiger partial charge in [-0.2, -0.15) is 4.98 Å². The van der Waals surface area contributed by atoms with Crippen LogP contribution < -0.4 is 10.6 Å². The Morgan fingerprint density at radius 1 is 1.38 bits per heavy atom. The van der Waals surface area contributed by atoms with Crippen molar-refractivity contribution in [2.45, 2.75) is 18.9 Å².